The molecule has 0 unspecified atom stereocenters. The molecule has 0 saturated carbocycles. The summed E-state index contributed by atoms with van der Waals surface area (Å²) in [5.74, 6) is -0.611. The Morgan fingerprint density at radius 1 is 1.15 bits per heavy atom. The molecular weight excluding hydrogens is 352 g/mol. The number of carbonyl (C=O) groups is 2. The molecule has 0 radical (unpaired) electrons. The van der Waals surface area contributed by atoms with Crippen LogP contribution < -0.4 is 10.1 Å². The number of nitro benzene ring substituents is 1. The van der Waals surface area contributed by atoms with E-state index in [9.17, 15) is 19.7 Å². The largest absolute Gasteiger partial charge is 0.484 e. The van der Waals surface area contributed by atoms with E-state index >= 15 is 0 Å². The molecular formula is C19H20N2O6. The van der Waals surface area contributed by atoms with Crippen molar-refractivity contribution in [3.63, 3.8) is 0 Å². The highest BCUT2D eigenvalue weighted by Gasteiger charge is 2.10. The van der Waals surface area contributed by atoms with Crippen LogP contribution in [0.3, 0.4) is 0 Å². The van der Waals surface area contributed by atoms with Crippen molar-refractivity contribution in [1.82, 2.24) is 0 Å². The predicted octanol–water partition coefficient (Wildman–Crippen LogP) is 3.57. The minimum atomic E-state index is -0.540. The van der Waals surface area contributed by atoms with Gasteiger partial charge in [-0.3, -0.25) is 14.9 Å². The summed E-state index contributed by atoms with van der Waals surface area (Å²) < 4.78 is 10.4. The lowest BCUT2D eigenvalue weighted by atomic mass is 10.2. The van der Waals surface area contributed by atoms with Crippen molar-refractivity contribution in [3.8, 4) is 5.75 Å². The van der Waals surface area contributed by atoms with Gasteiger partial charge in [-0.25, -0.2) is 4.79 Å². The number of nitrogens with one attached hydrogen (secondary N) is 1. The van der Waals surface area contributed by atoms with Crippen LogP contribution >= 0.6 is 0 Å². The second-order valence-corrected chi connectivity index (χ2v) is 5.66. The Bertz CT molecular complexity index is 804. The van der Waals surface area contributed by atoms with E-state index in [-0.39, 0.29) is 18.0 Å². The van der Waals surface area contributed by atoms with Crippen molar-refractivity contribution in [3.05, 3.63) is 64.2 Å². The number of rotatable bonds is 9. The number of ether oxygens (including phenoxy) is 2. The highest BCUT2D eigenvalue weighted by atomic mass is 16.6. The zero-order valence-corrected chi connectivity index (χ0v) is 14.8. The van der Waals surface area contributed by atoms with Crippen LogP contribution in [0.1, 0.15) is 30.1 Å². The molecule has 2 aromatic rings. The van der Waals surface area contributed by atoms with Crippen LogP contribution in [0.2, 0.25) is 0 Å². The number of benzene rings is 2. The quantitative estimate of drug-likeness (QED) is 0.312. The van der Waals surface area contributed by atoms with E-state index in [2.05, 4.69) is 5.32 Å². The van der Waals surface area contributed by atoms with Gasteiger partial charge in [-0.05, 0) is 36.8 Å². The molecule has 0 atom stereocenters. The number of nitrogens with zero attached hydrogens (tertiary/aromatic N) is 1. The number of esters is 1. The summed E-state index contributed by atoms with van der Waals surface area (Å²) in [4.78, 5) is 33.9. The molecule has 1 amide bonds. The van der Waals surface area contributed by atoms with Crippen molar-refractivity contribution in [2.24, 2.45) is 0 Å². The van der Waals surface area contributed by atoms with E-state index in [4.69, 9.17) is 9.47 Å². The molecule has 0 aromatic heterocycles. The van der Waals surface area contributed by atoms with Crippen LogP contribution in [0.15, 0.2) is 48.5 Å². The molecule has 0 aliphatic rings. The first-order valence-corrected chi connectivity index (χ1v) is 8.44. The Kier molecular flexibility index (Phi) is 7.30. The molecule has 8 heteroatoms. The van der Waals surface area contributed by atoms with Crippen LogP contribution in [-0.2, 0) is 9.53 Å². The van der Waals surface area contributed by atoms with Crippen LogP contribution in [0, 0.1) is 10.1 Å². The van der Waals surface area contributed by atoms with Gasteiger partial charge in [0.1, 0.15) is 5.75 Å². The number of nitro groups is 1. The highest BCUT2D eigenvalue weighted by molar-refractivity contribution is 5.93. The number of unbranched alkanes of at least 4 members (excludes halogenated alkanes) is 1. The highest BCUT2D eigenvalue weighted by Crippen LogP contribution is 2.19. The Hall–Kier alpha value is -3.42. The lowest BCUT2D eigenvalue weighted by Gasteiger charge is -2.08. The Labute approximate surface area is 156 Å². The third-order valence-electron chi connectivity index (χ3n) is 3.53. The maximum atomic E-state index is 11.9. The normalized spacial score (nSPS) is 10.1. The van der Waals surface area contributed by atoms with Gasteiger partial charge in [0, 0.05) is 11.8 Å². The van der Waals surface area contributed by atoms with Crippen LogP contribution in [0.25, 0.3) is 0 Å². The maximum absolute atomic E-state index is 11.9. The summed E-state index contributed by atoms with van der Waals surface area (Å²) in [7, 11) is 0. The van der Waals surface area contributed by atoms with Crippen molar-refractivity contribution in [2.45, 2.75) is 19.8 Å². The molecule has 0 heterocycles. The van der Waals surface area contributed by atoms with Crippen molar-refractivity contribution in [1.29, 1.82) is 0 Å². The van der Waals surface area contributed by atoms with Crippen molar-refractivity contribution >= 4 is 23.3 Å². The topological polar surface area (TPSA) is 108 Å². The van der Waals surface area contributed by atoms with E-state index in [0.717, 1.165) is 12.8 Å². The molecule has 8 nitrogen and oxygen atoms in total. The van der Waals surface area contributed by atoms with Gasteiger partial charge in [0.2, 0.25) is 0 Å². The lowest BCUT2D eigenvalue weighted by molar-refractivity contribution is -0.384. The van der Waals surface area contributed by atoms with Gasteiger partial charge in [-0.2, -0.15) is 0 Å². The first kappa shape index (κ1) is 19.9. The van der Waals surface area contributed by atoms with Crippen molar-refractivity contribution < 1.29 is 24.0 Å². The second-order valence-electron chi connectivity index (χ2n) is 5.66. The molecule has 2 aromatic carbocycles. The van der Waals surface area contributed by atoms with Crippen LogP contribution in [0.5, 0.6) is 5.75 Å². The SMILES string of the molecule is CCCCOC(=O)c1ccc(NC(=O)COc2cccc([N+](=O)[O-])c2)cc1. The summed E-state index contributed by atoms with van der Waals surface area (Å²) in [6.45, 7) is 2.08. The van der Waals surface area contributed by atoms with Crippen molar-refractivity contribution in [2.75, 3.05) is 18.5 Å². The molecule has 0 bridgehead atoms. The van der Waals surface area contributed by atoms with Gasteiger partial charge in [-0.15, -0.1) is 0 Å². The molecule has 142 valence electrons. The predicted molar refractivity (Wildman–Crippen MR) is 98.9 cm³/mol. The number of hydrogen-bond donors (Lipinski definition) is 1. The Morgan fingerprint density at radius 2 is 1.89 bits per heavy atom. The first-order chi connectivity index (χ1) is 13.0. The molecule has 0 fully saturated rings. The summed E-state index contributed by atoms with van der Waals surface area (Å²) in [5, 5.41) is 13.3. The van der Waals surface area contributed by atoms with Gasteiger partial charge >= 0.3 is 5.97 Å². The minimum absolute atomic E-state index is 0.116. The van der Waals surface area contributed by atoms with Crippen LogP contribution in [-0.4, -0.2) is 30.0 Å². The van der Waals surface area contributed by atoms with E-state index in [0.29, 0.717) is 17.9 Å². The number of hydrogen-bond acceptors (Lipinski definition) is 6. The zero-order valence-electron chi connectivity index (χ0n) is 14.8. The zero-order chi connectivity index (χ0) is 19.6. The number of non-ortho nitro benzene ring substituents is 1. The van der Waals surface area contributed by atoms with E-state index in [1.165, 1.54) is 24.3 Å². The fourth-order valence-electron chi connectivity index (χ4n) is 2.11. The minimum Gasteiger partial charge on any atom is -0.484 e. The first-order valence-electron chi connectivity index (χ1n) is 8.44. The van der Waals surface area contributed by atoms with Gasteiger partial charge < -0.3 is 14.8 Å². The smallest absolute Gasteiger partial charge is 0.338 e. The maximum Gasteiger partial charge on any atom is 0.338 e. The molecule has 0 aliphatic carbocycles. The van der Waals surface area contributed by atoms with Gasteiger partial charge in [0.25, 0.3) is 11.6 Å². The van der Waals surface area contributed by atoms with E-state index in [1.54, 1.807) is 24.3 Å². The Morgan fingerprint density at radius 3 is 2.56 bits per heavy atom. The third kappa shape index (κ3) is 6.43. The molecule has 0 saturated heterocycles. The monoisotopic (exact) mass is 372 g/mol. The molecule has 27 heavy (non-hydrogen) atoms. The van der Waals surface area contributed by atoms with E-state index in [1.807, 2.05) is 6.92 Å². The van der Waals surface area contributed by atoms with Gasteiger partial charge in [0.15, 0.2) is 6.61 Å². The fraction of sp³-hybridized carbons (Fsp3) is 0.263. The molecule has 2 rings (SSSR count). The Balaban J connectivity index is 1.84. The summed E-state index contributed by atoms with van der Waals surface area (Å²) in [6, 6.07) is 11.9. The molecule has 1 N–H and O–H groups in total. The van der Waals surface area contributed by atoms with E-state index < -0.39 is 16.8 Å². The third-order valence-corrected chi connectivity index (χ3v) is 3.53. The average Bonchev–Trinajstić information content (AvgIpc) is 2.67. The number of anilines is 1. The number of amides is 1. The standard InChI is InChI=1S/C19H20N2O6/c1-2-3-11-26-19(23)14-7-9-15(10-8-14)20-18(22)13-27-17-6-4-5-16(12-17)21(24)25/h4-10,12H,2-3,11,13H2,1H3,(H,20,22). The molecule has 0 spiro atoms. The average molecular weight is 372 g/mol. The number of carbonyl (C=O) groups excluding carboxylic acids is 2. The van der Waals surface area contributed by atoms with Gasteiger partial charge in [-0.1, -0.05) is 19.4 Å². The van der Waals surface area contributed by atoms with Gasteiger partial charge in [0.05, 0.1) is 23.2 Å². The summed E-state index contributed by atoms with van der Waals surface area (Å²) in [6.07, 6.45) is 1.75. The molecule has 0 aliphatic heterocycles. The summed E-state index contributed by atoms with van der Waals surface area (Å²) >= 11 is 0. The second kappa shape index (κ2) is 9.91. The fourth-order valence-corrected chi connectivity index (χ4v) is 2.11. The summed E-state index contributed by atoms with van der Waals surface area (Å²) in [5.41, 5.74) is 0.777. The lowest BCUT2D eigenvalue weighted by Crippen LogP contribution is -2.20. The van der Waals surface area contributed by atoms with Crippen LogP contribution in [0.4, 0.5) is 11.4 Å².